The van der Waals surface area contributed by atoms with Crippen LogP contribution in [0.1, 0.15) is 21.6 Å². The van der Waals surface area contributed by atoms with Gasteiger partial charge in [-0.15, -0.1) is 0 Å². The van der Waals surface area contributed by atoms with E-state index >= 15 is 0 Å². The number of rotatable bonds is 9. The van der Waals surface area contributed by atoms with Gasteiger partial charge in [-0.05, 0) is 47.4 Å². The third kappa shape index (κ3) is 8.65. The summed E-state index contributed by atoms with van der Waals surface area (Å²) in [7, 11) is -1.60. The van der Waals surface area contributed by atoms with Crippen molar-refractivity contribution in [2.75, 3.05) is 10.6 Å². The van der Waals surface area contributed by atoms with Gasteiger partial charge in [0.05, 0.1) is 22.9 Å². The van der Waals surface area contributed by atoms with Gasteiger partial charge in [0.15, 0.2) is 0 Å². The molecule has 3 aromatic carbocycles. The Hall–Kier alpha value is -4.70. The summed E-state index contributed by atoms with van der Waals surface area (Å²) >= 11 is 5.57. The first-order valence-electron chi connectivity index (χ1n) is 12.1. The monoisotopic (exact) mass is 618 g/mol. The Kier molecular flexibility index (Phi) is 9.82. The molecule has 0 radical (unpaired) electrons. The molecular formula is C27H20BClF4N4O6. The van der Waals surface area contributed by atoms with Crippen molar-refractivity contribution in [3.63, 3.8) is 0 Å². The van der Waals surface area contributed by atoms with Gasteiger partial charge in [0.25, 0.3) is 5.91 Å². The van der Waals surface area contributed by atoms with Crippen LogP contribution in [0.4, 0.5) is 33.7 Å². The summed E-state index contributed by atoms with van der Waals surface area (Å²) in [5.74, 6) is -1.49. The molecule has 0 saturated carbocycles. The van der Waals surface area contributed by atoms with Crippen LogP contribution < -0.4 is 26.3 Å². The minimum atomic E-state index is -4.73. The van der Waals surface area contributed by atoms with Crippen molar-refractivity contribution >= 4 is 47.5 Å². The topological polar surface area (TPSA) is 142 Å². The highest BCUT2D eigenvalue weighted by Crippen LogP contribution is 2.36. The molecule has 1 heterocycles. The smallest absolute Gasteiger partial charge is 0.457 e. The second-order valence-corrected chi connectivity index (χ2v) is 9.13. The van der Waals surface area contributed by atoms with Gasteiger partial charge in [-0.2, -0.15) is 13.2 Å². The Balaban J connectivity index is 1.32. The highest BCUT2D eigenvalue weighted by Gasteiger charge is 2.33. The predicted molar refractivity (Wildman–Crippen MR) is 148 cm³/mol. The molecule has 4 aromatic rings. The van der Waals surface area contributed by atoms with E-state index < -0.39 is 41.6 Å². The van der Waals surface area contributed by atoms with Crippen molar-refractivity contribution in [2.45, 2.75) is 12.8 Å². The van der Waals surface area contributed by atoms with E-state index in [2.05, 4.69) is 21.1 Å². The van der Waals surface area contributed by atoms with Gasteiger partial charge >= 0.3 is 19.3 Å². The summed E-state index contributed by atoms with van der Waals surface area (Å²) in [6, 6.07) is 14.1. The van der Waals surface area contributed by atoms with Gasteiger partial charge in [-0.25, -0.2) is 14.7 Å². The van der Waals surface area contributed by atoms with E-state index in [0.717, 1.165) is 18.2 Å². The molecule has 0 bridgehead atoms. The number of hydrogen-bond donors (Lipinski definition) is 5. The average molecular weight is 619 g/mol. The van der Waals surface area contributed by atoms with Crippen LogP contribution in [0.3, 0.4) is 0 Å². The number of ether oxygens (including phenoxy) is 1. The molecule has 0 unspecified atom stereocenters. The van der Waals surface area contributed by atoms with E-state index in [9.17, 15) is 27.2 Å². The number of alkyl halides is 3. The zero-order valence-corrected chi connectivity index (χ0v) is 22.4. The van der Waals surface area contributed by atoms with Crippen LogP contribution in [-0.2, 0) is 17.6 Å². The van der Waals surface area contributed by atoms with Crippen LogP contribution in [0.2, 0.25) is 5.02 Å². The first-order valence-corrected chi connectivity index (χ1v) is 12.5. The Labute approximate surface area is 246 Å². The number of pyridine rings is 1. The number of anilines is 2. The number of halogens is 5. The summed E-state index contributed by atoms with van der Waals surface area (Å²) in [5.41, 5.74) is 1.44. The second-order valence-electron chi connectivity index (χ2n) is 8.73. The van der Waals surface area contributed by atoms with Crippen molar-refractivity contribution in [3.8, 4) is 11.5 Å². The number of benzene rings is 3. The van der Waals surface area contributed by atoms with Crippen molar-refractivity contribution in [1.82, 2.24) is 10.5 Å². The van der Waals surface area contributed by atoms with Crippen molar-refractivity contribution in [1.29, 1.82) is 0 Å². The number of urea groups is 1. The molecule has 222 valence electrons. The van der Waals surface area contributed by atoms with E-state index in [0.29, 0.717) is 17.1 Å². The van der Waals surface area contributed by atoms with Crippen molar-refractivity contribution in [2.24, 2.45) is 0 Å². The fraction of sp³-hybridized carbons (Fsp3) is 0.0741. The zero-order valence-electron chi connectivity index (χ0n) is 21.7. The van der Waals surface area contributed by atoms with Crippen LogP contribution in [0.5, 0.6) is 11.5 Å². The van der Waals surface area contributed by atoms with Crippen LogP contribution >= 0.6 is 11.6 Å². The van der Waals surface area contributed by atoms with E-state index in [1.165, 1.54) is 42.6 Å². The third-order valence-electron chi connectivity index (χ3n) is 5.60. The summed E-state index contributed by atoms with van der Waals surface area (Å²) in [6.45, 7) is -0.0181. The first kappa shape index (κ1) is 31.2. The molecule has 0 fully saturated rings. The van der Waals surface area contributed by atoms with E-state index in [1.54, 1.807) is 12.1 Å². The number of hydroxylamine groups is 1. The Bertz CT molecular complexity index is 1630. The Morgan fingerprint density at radius 2 is 1.65 bits per heavy atom. The third-order valence-corrected chi connectivity index (χ3v) is 5.93. The molecular weight excluding hydrogens is 599 g/mol. The zero-order chi connectivity index (χ0) is 31.1. The molecule has 43 heavy (non-hydrogen) atoms. The molecule has 0 spiro atoms. The quantitative estimate of drug-likeness (QED) is 0.102. The molecule has 0 atom stereocenters. The fourth-order valence-corrected chi connectivity index (χ4v) is 3.75. The van der Waals surface area contributed by atoms with Gasteiger partial charge in [-0.3, -0.25) is 14.6 Å². The van der Waals surface area contributed by atoms with E-state index in [4.69, 9.17) is 31.2 Å². The number of nitrogens with one attached hydrogen (secondary N) is 3. The summed E-state index contributed by atoms with van der Waals surface area (Å²) in [6.07, 6.45) is -3.46. The number of carbonyl (C=O) groups excluding carboxylic acids is 2. The van der Waals surface area contributed by atoms with Crippen molar-refractivity contribution < 1.29 is 46.8 Å². The molecule has 3 amide bonds. The lowest BCUT2D eigenvalue weighted by atomic mass is 9.80. The summed E-state index contributed by atoms with van der Waals surface area (Å²) < 4.78 is 59.4. The minimum Gasteiger partial charge on any atom is -0.457 e. The maximum atomic E-state index is 14.7. The molecule has 0 aliphatic heterocycles. The first-order chi connectivity index (χ1) is 20.4. The lowest BCUT2D eigenvalue weighted by Gasteiger charge is -2.13. The van der Waals surface area contributed by atoms with E-state index in [-0.39, 0.29) is 35.2 Å². The molecule has 10 nitrogen and oxygen atoms in total. The number of nitrogens with zero attached hydrogens (tertiary/aromatic N) is 1. The molecule has 0 aliphatic rings. The maximum absolute atomic E-state index is 14.7. The van der Waals surface area contributed by atoms with Crippen LogP contribution in [0.25, 0.3) is 0 Å². The van der Waals surface area contributed by atoms with Gasteiger partial charge in [0.1, 0.15) is 23.0 Å². The minimum absolute atomic E-state index is 0.00114. The number of aromatic nitrogens is 1. The molecule has 0 aliphatic carbocycles. The van der Waals surface area contributed by atoms with Gasteiger partial charge in [-0.1, -0.05) is 35.9 Å². The number of carbonyl (C=O) groups is 2. The Morgan fingerprint density at radius 3 is 2.33 bits per heavy atom. The van der Waals surface area contributed by atoms with Gasteiger partial charge < -0.3 is 25.4 Å². The lowest BCUT2D eigenvalue weighted by Crippen LogP contribution is -2.29. The maximum Gasteiger partial charge on any atom is 0.488 e. The second kappa shape index (κ2) is 13.5. The SMILES string of the molecule is O=C(Nc1ccc(Cl)c(C(F)(F)F)c1)Nc1ccc(Oc2ccnc(C(=O)NOCc3ccc(B(O)O)cc3)c2)cc1F. The lowest BCUT2D eigenvalue weighted by molar-refractivity contribution is -0.137. The molecule has 1 aromatic heterocycles. The van der Waals surface area contributed by atoms with Crippen LogP contribution in [0.15, 0.2) is 79.0 Å². The van der Waals surface area contributed by atoms with Gasteiger partial charge in [0, 0.05) is 24.0 Å². The highest BCUT2D eigenvalue weighted by atomic mass is 35.5. The molecule has 4 rings (SSSR count). The number of hydrogen-bond acceptors (Lipinski definition) is 7. The van der Waals surface area contributed by atoms with E-state index in [1.807, 2.05) is 0 Å². The molecule has 0 saturated heterocycles. The van der Waals surface area contributed by atoms with Crippen LogP contribution in [0, 0.1) is 5.82 Å². The standard InChI is InChI=1S/C27H20BClF4N4O6/c29-21-7-5-17(11-20(21)27(31,32)33)35-26(39)36-23-8-6-18(12-22(23)30)43-19-9-10-34-24(13-19)25(38)37-42-14-15-1-3-16(4-2-15)28(40)41/h1-13,40-41H,14H2,(H,37,38)(H2,35,36,39). The summed E-state index contributed by atoms with van der Waals surface area (Å²) in [5, 5.41) is 22.1. The fourth-order valence-electron chi connectivity index (χ4n) is 3.52. The average Bonchev–Trinajstić information content (AvgIpc) is 2.95. The van der Waals surface area contributed by atoms with Crippen LogP contribution in [-0.4, -0.2) is 34.1 Å². The largest absolute Gasteiger partial charge is 0.488 e. The molecule has 5 N–H and O–H groups in total. The Morgan fingerprint density at radius 1 is 0.930 bits per heavy atom. The highest BCUT2D eigenvalue weighted by molar-refractivity contribution is 6.58. The molecule has 16 heteroatoms. The van der Waals surface area contributed by atoms with Crippen molar-refractivity contribution in [3.05, 3.63) is 107 Å². The number of amides is 3. The van der Waals surface area contributed by atoms with Gasteiger partial charge in [0.2, 0.25) is 0 Å². The normalized spacial score (nSPS) is 11.0. The predicted octanol–water partition coefficient (Wildman–Crippen LogP) is 4.87. The summed E-state index contributed by atoms with van der Waals surface area (Å²) in [4.78, 5) is 33.8.